The molecule has 1 aliphatic carbocycles. The molecule has 0 aliphatic heterocycles. The summed E-state index contributed by atoms with van der Waals surface area (Å²) >= 11 is 0. The first-order chi connectivity index (χ1) is 6.15. The number of carbonyl (C=O) groups excluding carboxylic acids is 1. The average molecular weight is 178 g/mol. The first-order valence-corrected chi connectivity index (χ1v) is 5.06. The first-order valence-electron chi connectivity index (χ1n) is 5.06. The second-order valence-corrected chi connectivity index (χ2v) is 3.85. The van der Waals surface area contributed by atoms with E-state index in [9.17, 15) is 4.79 Å². The van der Waals surface area contributed by atoms with Gasteiger partial charge in [-0.1, -0.05) is 26.3 Å². The van der Waals surface area contributed by atoms with Crippen molar-refractivity contribution in [3.8, 4) is 0 Å². The summed E-state index contributed by atoms with van der Waals surface area (Å²) in [4.78, 5) is 11.3. The van der Waals surface area contributed by atoms with Crippen molar-refractivity contribution < 1.29 is 4.79 Å². The fourth-order valence-corrected chi connectivity index (χ4v) is 1.60. The molecule has 1 unspecified atom stereocenters. The first kappa shape index (κ1) is 10.2. The standard InChI is InChI=1S/C12H18O/c1-4-5-6-11-7-10(3)12(13)8-9(11)2/h6,8,10H,4-5,7H2,1-3H3/b11-6-. The van der Waals surface area contributed by atoms with Gasteiger partial charge in [-0.15, -0.1) is 0 Å². The monoisotopic (exact) mass is 178 g/mol. The number of ketones is 1. The molecule has 0 saturated heterocycles. The van der Waals surface area contributed by atoms with E-state index in [1.807, 2.05) is 13.8 Å². The maximum absolute atomic E-state index is 11.3. The van der Waals surface area contributed by atoms with Crippen LogP contribution in [0.3, 0.4) is 0 Å². The second-order valence-electron chi connectivity index (χ2n) is 3.85. The predicted molar refractivity (Wildman–Crippen MR) is 55.5 cm³/mol. The molecular formula is C12H18O. The van der Waals surface area contributed by atoms with Gasteiger partial charge in [0.1, 0.15) is 0 Å². The topological polar surface area (TPSA) is 17.1 Å². The van der Waals surface area contributed by atoms with E-state index < -0.39 is 0 Å². The van der Waals surface area contributed by atoms with Crippen molar-refractivity contribution in [2.45, 2.75) is 40.0 Å². The zero-order valence-electron chi connectivity index (χ0n) is 8.76. The number of carbonyl (C=O) groups is 1. The van der Waals surface area contributed by atoms with Crippen molar-refractivity contribution in [3.63, 3.8) is 0 Å². The van der Waals surface area contributed by atoms with Crippen LogP contribution >= 0.6 is 0 Å². The minimum Gasteiger partial charge on any atom is -0.295 e. The van der Waals surface area contributed by atoms with Crippen LogP contribution in [-0.2, 0) is 4.79 Å². The Kier molecular flexibility index (Phi) is 3.47. The number of hydrogen-bond acceptors (Lipinski definition) is 1. The summed E-state index contributed by atoms with van der Waals surface area (Å²) in [7, 11) is 0. The zero-order chi connectivity index (χ0) is 9.84. The number of hydrogen-bond donors (Lipinski definition) is 0. The summed E-state index contributed by atoms with van der Waals surface area (Å²) in [6.07, 6.45) is 7.30. The largest absolute Gasteiger partial charge is 0.295 e. The fraction of sp³-hybridized carbons (Fsp3) is 0.583. The van der Waals surface area contributed by atoms with Crippen molar-refractivity contribution in [1.82, 2.24) is 0 Å². The quantitative estimate of drug-likeness (QED) is 0.634. The van der Waals surface area contributed by atoms with Crippen molar-refractivity contribution in [3.05, 3.63) is 23.3 Å². The zero-order valence-corrected chi connectivity index (χ0v) is 8.76. The van der Waals surface area contributed by atoms with Gasteiger partial charge in [-0.2, -0.15) is 0 Å². The highest BCUT2D eigenvalue weighted by Gasteiger charge is 2.19. The molecular weight excluding hydrogens is 160 g/mol. The van der Waals surface area contributed by atoms with E-state index in [1.165, 1.54) is 12.0 Å². The van der Waals surface area contributed by atoms with Gasteiger partial charge in [0.25, 0.3) is 0 Å². The molecule has 72 valence electrons. The van der Waals surface area contributed by atoms with Crippen LogP contribution in [0, 0.1) is 5.92 Å². The molecule has 0 aromatic carbocycles. The highest BCUT2D eigenvalue weighted by atomic mass is 16.1. The molecule has 0 aromatic rings. The summed E-state index contributed by atoms with van der Waals surface area (Å²) in [5, 5.41) is 0. The summed E-state index contributed by atoms with van der Waals surface area (Å²) in [6, 6.07) is 0. The SMILES string of the molecule is CCC/C=C1/CC(C)C(=O)C=C1C. The lowest BCUT2D eigenvalue weighted by Gasteiger charge is -2.18. The Morgan fingerprint density at radius 1 is 1.62 bits per heavy atom. The molecule has 1 aliphatic rings. The van der Waals surface area contributed by atoms with E-state index in [0.29, 0.717) is 0 Å². The summed E-state index contributed by atoms with van der Waals surface area (Å²) in [5.41, 5.74) is 2.53. The van der Waals surface area contributed by atoms with Gasteiger partial charge in [0.05, 0.1) is 0 Å². The van der Waals surface area contributed by atoms with E-state index >= 15 is 0 Å². The number of rotatable bonds is 2. The fourth-order valence-electron chi connectivity index (χ4n) is 1.60. The normalized spacial score (nSPS) is 26.4. The molecule has 1 rings (SSSR count). The summed E-state index contributed by atoms with van der Waals surface area (Å²) in [5.74, 6) is 0.470. The second kappa shape index (κ2) is 4.40. The molecule has 0 spiro atoms. The van der Waals surface area contributed by atoms with Crippen molar-refractivity contribution in [2.75, 3.05) is 0 Å². The third-order valence-electron chi connectivity index (χ3n) is 2.56. The van der Waals surface area contributed by atoms with E-state index in [2.05, 4.69) is 13.0 Å². The van der Waals surface area contributed by atoms with Gasteiger partial charge in [0.2, 0.25) is 0 Å². The molecule has 0 fully saturated rings. The van der Waals surface area contributed by atoms with Crippen LogP contribution in [-0.4, -0.2) is 5.78 Å². The Hall–Kier alpha value is -0.850. The maximum Gasteiger partial charge on any atom is 0.159 e. The van der Waals surface area contributed by atoms with Gasteiger partial charge in [0.15, 0.2) is 5.78 Å². The van der Waals surface area contributed by atoms with Crippen LogP contribution < -0.4 is 0 Å². The third kappa shape index (κ3) is 2.55. The Morgan fingerprint density at radius 3 is 2.92 bits per heavy atom. The molecule has 0 heterocycles. The van der Waals surface area contributed by atoms with Crippen molar-refractivity contribution in [2.24, 2.45) is 5.92 Å². The lowest BCUT2D eigenvalue weighted by atomic mass is 9.86. The molecule has 0 saturated carbocycles. The Morgan fingerprint density at radius 2 is 2.31 bits per heavy atom. The molecule has 1 heteroatoms. The van der Waals surface area contributed by atoms with Gasteiger partial charge in [0, 0.05) is 5.92 Å². The lowest BCUT2D eigenvalue weighted by molar-refractivity contribution is -0.118. The van der Waals surface area contributed by atoms with Crippen LogP contribution in [0.25, 0.3) is 0 Å². The van der Waals surface area contributed by atoms with Crippen LogP contribution in [0.2, 0.25) is 0 Å². The third-order valence-corrected chi connectivity index (χ3v) is 2.56. The molecule has 0 N–H and O–H groups in total. The predicted octanol–water partition coefficient (Wildman–Crippen LogP) is 3.27. The van der Waals surface area contributed by atoms with E-state index in [-0.39, 0.29) is 11.7 Å². The van der Waals surface area contributed by atoms with E-state index in [0.717, 1.165) is 18.4 Å². The molecule has 0 aromatic heterocycles. The summed E-state index contributed by atoms with van der Waals surface area (Å²) < 4.78 is 0. The summed E-state index contributed by atoms with van der Waals surface area (Å²) in [6.45, 7) is 6.21. The highest BCUT2D eigenvalue weighted by Crippen LogP contribution is 2.26. The molecule has 1 atom stereocenters. The number of unbranched alkanes of at least 4 members (excludes halogenated alkanes) is 1. The minimum atomic E-state index is 0.187. The Labute approximate surface area is 80.5 Å². The molecule has 0 amide bonds. The van der Waals surface area contributed by atoms with E-state index in [4.69, 9.17) is 0 Å². The van der Waals surface area contributed by atoms with Gasteiger partial charge in [-0.25, -0.2) is 0 Å². The van der Waals surface area contributed by atoms with Crippen LogP contribution in [0.1, 0.15) is 40.0 Å². The molecule has 0 radical (unpaired) electrons. The molecule has 1 nitrogen and oxygen atoms in total. The lowest BCUT2D eigenvalue weighted by Crippen LogP contribution is -2.15. The average Bonchev–Trinajstić information content (AvgIpc) is 2.09. The van der Waals surface area contributed by atoms with Crippen LogP contribution in [0.15, 0.2) is 23.3 Å². The van der Waals surface area contributed by atoms with Crippen molar-refractivity contribution in [1.29, 1.82) is 0 Å². The van der Waals surface area contributed by atoms with Gasteiger partial charge >= 0.3 is 0 Å². The van der Waals surface area contributed by atoms with Crippen molar-refractivity contribution >= 4 is 5.78 Å². The van der Waals surface area contributed by atoms with Gasteiger partial charge < -0.3 is 0 Å². The maximum atomic E-state index is 11.3. The molecule has 0 bridgehead atoms. The smallest absolute Gasteiger partial charge is 0.159 e. The Bertz CT molecular complexity index is 258. The van der Waals surface area contributed by atoms with Gasteiger partial charge in [-0.3, -0.25) is 4.79 Å². The Balaban J connectivity index is 2.78. The molecule has 13 heavy (non-hydrogen) atoms. The number of allylic oxidation sites excluding steroid dienone is 4. The highest BCUT2D eigenvalue weighted by molar-refractivity contribution is 5.94. The van der Waals surface area contributed by atoms with Gasteiger partial charge in [-0.05, 0) is 37.0 Å². The van der Waals surface area contributed by atoms with Crippen LogP contribution in [0.5, 0.6) is 0 Å². The van der Waals surface area contributed by atoms with Crippen LogP contribution in [0.4, 0.5) is 0 Å². The van der Waals surface area contributed by atoms with E-state index in [1.54, 1.807) is 6.08 Å². The minimum absolute atomic E-state index is 0.187.